The maximum Gasteiger partial charge on any atom is 2.00 e. The molecule has 0 fully saturated rings. The van der Waals surface area contributed by atoms with Crippen molar-refractivity contribution in [1.29, 1.82) is 0 Å². The average Bonchev–Trinajstić information content (AvgIpc) is 3.81. The first-order chi connectivity index (χ1) is 25.2. The Bertz CT molecular complexity index is 2680. The van der Waals surface area contributed by atoms with Crippen molar-refractivity contribution in [2.45, 2.75) is 0 Å². The Hall–Kier alpha value is -6.61. The van der Waals surface area contributed by atoms with E-state index in [1.165, 1.54) is 0 Å². The topological polar surface area (TPSA) is 62.1 Å². The summed E-state index contributed by atoms with van der Waals surface area (Å²) in [5.41, 5.74) is 7.87. The van der Waals surface area contributed by atoms with Crippen LogP contribution in [-0.2, 0) is 21.1 Å². The van der Waals surface area contributed by atoms with Gasteiger partial charge in [-0.15, -0.1) is 34.2 Å². The Labute approximate surface area is 314 Å². The van der Waals surface area contributed by atoms with E-state index in [0.29, 0.717) is 28.6 Å². The summed E-state index contributed by atoms with van der Waals surface area (Å²) < 4.78 is 10.5. The van der Waals surface area contributed by atoms with Crippen LogP contribution >= 0.6 is 0 Å². The van der Waals surface area contributed by atoms with Crippen LogP contribution in [-0.4, -0.2) is 24.3 Å². The number of ether oxygens (including phenoxy) is 1. The number of nitrogens with zero attached hydrogens (tertiary/aromatic N) is 6. The quantitative estimate of drug-likeness (QED) is 0.150. The molecule has 3 aromatic heterocycles. The van der Waals surface area contributed by atoms with E-state index in [0.717, 1.165) is 55.6 Å². The van der Waals surface area contributed by atoms with Crippen molar-refractivity contribution < 1.29 is 25.8 Å². The first-order valence-electron chi connectivity index (χ1n) is 16.4. The molecule has 8 heteroatoms. The molecule has 52 heavy (non-hydrogen) atoms. The smallest absolute Gasteiger partial charge is 0.504 e. The second kappa shape index (κ2) is 14.0. The van der Waals surface area contributed by atoms with E-state index < -0.39 is 0 Å². The van der Waals surface area contributed by atoms with Crippen molar-refractivity contribution in [3.63, 3.8) is 0 Å². The van der Waals surface area contributed by atoms with Crippen LogP contribution in [0.15, 0.2) is 158 Å². The molecule has 0 aliphatic heterocycles. The fourth-order valence-electron chi connectivity index (χ4n) is 6.63. The summed E-state index contributed by atoms with van der Waals surface area (Å²) in [6, 6.07) is 55.1. The maximum atomic E-state index is 7.94. The van der Waals surface area contributed by atoms with Crippen LogP contribution in [0, 0.1) is 18.7 Å². The number of rotatable bonds is 7. The van der Waals surface area contributed by atoms with Crippen molar-refractivity contribution >= 4 is 27.5 Å². The second-order valence-electron chi connectivity index (χ2n) is 11.9. The first kappa shape index (κ1) is 32.6. The maximum absolute atomic E-state index is 7.94. The van der Waals surface area contributed by atoms with E-state index >= 15 is 0 Å². The molecule has 7 nitrogen and oxygen atoms in total. The molecule has 0 saturated heterocycles. The number of para-hydroxylation sites is 2. The van der Waals surface area contributed by atoms with Gasteiger partial charge >= 0.3 is 21.1 Å². The number of hydrogen-bond acceptors (Lipinski definition) is 4. The largest absolute Gasteiger partial charge is 2.00 e. The average molecular weight is 850 g/mol. The van der Waals surface area contributed by atoms with Gasteiger partial charge in [0.1, 0.15) is 17.8 Å². The van der Waals surface area contributed by atoms with Gasteiger partial charge in [0.15, 0.2) is 0 Å². The van der Waals surface area contributed by atoms with Gasteiger partial charge in [0.05, 0.1) is 18.1 Å². The summed E-state index contributed by atoms with van der Waals surface area (Å²) in [4.78, 5) is 8.41. The summed E-state index contributed by atoms with van der Waals surface area (Å²) in [6.07, 6.45) is 3.49. The van der Waals surface area contributed by atoms with Gasteiger partial charge in [0, 0.05) is 34.3 Å². The third kappa shape index (κ3) is 5.86. The SMILES string of the molecule is [C-]#[N+]c1cc(Oc2[c-]c3c(cc2)c2ccccc2n3-c2ccccn2)[c-]c(-c2nncn2-c2c(-c3ccccc3)cccc2-c2ccccc2)c1.[Pt+2]. The molecule has 0 N–H and O–H groups in total. The Morgan fingerprint density at radius 3 is 2.08 bits per heavy atom. The van der Waals surface area contributed by atoms with Gasteiger partial charge in [-0.3, -0.25) is 4.85 Å². The number of benzene rings is 6. The van der Waals surface area contributed by atoms with Gasteiger partial charge in [0.25, 0.3) is 0 Å². The summed E-state index contributed by atoms with van der Waals surface area (Å²) in [5.74, 6) is 2.16. The van der Waals surface area contributed by atoms with Crippen LogP contribution in [0.25, 0.3) is 71.8 Å². The Morgan fingerprint density at radius 1 is 0.654 bits per heavy atom. The van der Waals surface area contributed by atoms with Crippen molar-refractivity contribution in [2.24, 2.45) is 0 Å². The van der Waals surface area contributed by atoms with Gasteiger partial charge in [0.2, 0.25) is 0 Å². The van der Waals surface area contributed by atoms with Gasteiger partial charge in [-0.1, -0.05) is 121 Å². The standard InChI is InChI=1S/C44H26N6O.Pt/c1-45-33-25-32(44-48-47-29-49(44)43-36(30-13-4-2-5-14-30)18-12-19-37(43)31-15-6-3-7-16-31)26-35(27-33)51-34-22-23-39-38-17-8-9-20-40(38)50(41(39)28-34)42-21-10-11-24-46-42;/h2-25,27,29H;/q-2;+2. The molecule has 3 heterocycles. The van der Waals surface area contributed by atoms with Crippen molar-refractivity contribution in [3.05, 3.63) is 182 Å². The summed E-state index contributed by atoms with van der Waals surface area (Å²) in [5, 5.41) is 11.1. The number of aromatic nitrogens is 5. The Morgan fingerprint density at radius 2 is 1.37 bits per heavy atom. The molecule has 9 aromatic rings. The van der Waals surface area contributed by atoms with E-state index in [2.05, 4.69) is 91.3 Å². The monoisotopic (exact) mass is 849 g/mol. The van der Waals surface area contributed by atoms with Crippen molar-refractivity contribution in [3.8, 4) is 56.6 Å². The van der Waals surface area contributed by atoms with E-state index in [9.17, 15) is 0 Å². The second-order valence-corrected chi connectivity index (χ2v) is 11.9. The van der Waals surface area contributed by atoms with Gasteiger partial charge in [-0.2, -0.15) is 11.2 Å². The minimum Gasteiger partial charge on any atom is -0.504 e. The third-order valence-corrected chi connectivity index (χ3v) is 8.85. The molecular formula is C44H26N6OPt. The minimum atomic E-state index is 0. The number of pyridine rings is 1. The summed E-state index contributed by atoms with van der Waals surface area (Å²) in [6.45, 7) is 7.94. The van der Waals surface area contributed by atoms with Gasteiger partial charge < -0.3 is 13.9 Å². The Balaban J connectivity index is 0.00000387. The molecule has 0 atom stereocenters. The third-order valence-electron chi connectivity index (χ3n) is 8.85. The van der Waals surface area contributed by atoms with Crippen molar-refractivity contribution in [1.82, 2.24) is 24.3 Å². The van der Waals surface area contributed by atoms with Crippen LogP contribution in [0.3, 0.4) is 0 Å². The predicted molar refractivity (Wildman–Crippen MR) is 200 cm³/mol. The molecule has 0 bridgehead atoms. The molecular weight excluding hydrogens is 824 g/mol. The zero-order chi connectivity index (χ0) is 34.1. The number of fused-ring (bicyclic) bond motifs is 3. The van der Waals surface area contributed by atoms with E-state index in [-0.39, 0.29) is 21.1 Å². The molecule has 0 saturated carbocycles. The van der Waals surface area contributed by atoms with Crippen LogP contribution in [0.2, 0.25) is 0 Å². The molecule has 248 valence electrons. The molecule has 0 amide bonds. The van der Waals surface area contributed by atoms with Crippen LogP contribution in [0.4, 0.5) is 5.69 Å². The molecule has 0 unspecified atom stereocenters. The molecule has 0 radical (unpaired) electrons. The molecule has 9 rings (SSSR count). The molecule has 6 aromatic carbocycles. The normalized spacial score (nSPS) is 10.9. The predicted octanol–water partition coefficient (Wildman–Crippen LogP) is 10.7. The van der Waals surface area contributed by atoms with Gasteiger partial charge in [-0.25, -0.2) is 4.98 Å². The van der Waals surface area contributed by atoms with E-state index in [4.69, 9.17) is 11.3 Å². The van der Waals surface area contributed by atoms with Crippen molar-refractivity contribution in [2.75, 3.05) is 0 Å². The minimum absolute atomic E-state index is 0. The first-order valence-corrected chi connectivity index (χ1v) is 16.4. The molecule has 0 spiro atoms. The Kier molecular flexibility index (Phi) is 8.74. The van der Waals surface area contributed by atoms with E-state index in [1.54, 1.807) is 24.7 Å². The summed E-state index contributed by atoms with van der Waals surface area (Å²) in [7, 11) is 0. The fourth-order valence-corrected chi connectivity index (χ4v) is 6.63. The number of hydrogen-bond donors (Lipinski definition) is 0. The molecule has 0 aliphatic rings. The summed E-state index contributed by atoms with van der Waals surface area (Å²) >= 11 is 0. The zero-order valence-electron chi connectivity index (χ0n) is 27.4. The zero-order valence-corrected chi connectivity index (χ0v) is 29.7. The van der Waals surface area contributed by atoms with Crippen LogP contribution < -0.4 is 4.74 Å². The van der Waals surface area contributed by atoms with Crippen LogP contribution in [0.1, 0.15) is 0 Å². The van der Waals surface area contributed by atoms with E-state index in [1.807, 2.05) is 83.4 Å². The molecule has 0 aliphatic carbocycles. The fraction of sp³-hybridized carbons (Fsp3) is 0. The van der Waals surface area contributed by atoms with Gasteiger partial charge in [-0.05, 0) is 34.7 Å². The van der Waals surface area contributed by atoms with Crippen LogP contribution in [0.5, 0.6) is 11.5 Å².